The van der Waals surface area contributed by atoms with Crippen molar-refractivity contribution in [2.75, 3.05) is 18.4 Å². The lowest BCUT2D eigenvalue weighted by Crippen LogP contribution is -2.46. The molecule has 0 saturated heterocycles. The molecule has 0 spiro atoms. The van der Waals surface area contributed by atoms with E-state index < -0.39 is 0 Å². The fourth-order valence-corrected chi connectivity index (χ4v) is 3.57. The van der Waals surface area contributed by atoms with Crippen LogP contribution in [-0.2, 0) is 11.3 Å². The minimum absolute atomic E-state index is 0.0109. The Kier molecular flexibility index (Phi) is 7.06. The van der Waals surface area contributed by atoms with Gasteiger partial charge in [-0.3, -0.25) is 4.79 Å². The van der Waals surface area contributed by atoms with E-state index >= 15 is 0 Å². The van der Waals surface area contributed by atoms with Crippen molar-refractivity contribution in [3.8, 4) is 0 Å². The second kappa shape index (κ2) is 9.92. The standard InChI is InChI=1S/C21H28N4O3/c1-16-12-19(24-28-16)23-20(26)15-25(14-18-10-6-3-7-11-18)21(27)22-13-17-8-4-2-5-9-17/h2,4-5,8-9,12,18H,3,6-7,10-11,13-15H2,1H3,(H,22,27)(H,23,24,26). The number of nitrogens with zero attached hydrogens (tertiary/aromatic N) is 2. The Morgan fingerprint density at radius 1 is 1.18 bits per heavy atom. The molecule has 1 saturated carbocycles. The normalized spacial score (nSPS) is 14.5. The molecule has 3 amide bonds. The summed E-state index contributed by atoms with van der Waals surface area (Å²) in [5, 5.41) is 9.40. The molecule has 0 atom stereocenters. The van der Waals surface area contributed by atoms with Crippen LogP contribution in [0.1, 0.15) is 43.4 Å². The van der Waals surface area contributed by atoms with Gasteiger partial charge < -0.3 is 20.1 Å². The minimum Gasteiger partial charge on any atom is -0.360 e. The molecule has 0 radical (unpaired) electrons. The van der Waals surface area contributed by atoms with E-state index in [0.29, 0.717) is 30.6 Å². The first-order valence-electron chi connectivity index (χ1n) is 9.90. The van der Waals surface area contributed by atoms with E-state index in [1.54, 1.807) is 17.9 Å². The van der Waals surface area contributed by atoms with Gasteiger partial charge >= 0.3 is 6.03 Å². The van der Waals surface area contributed by atoms with Crippen LogP contribution in [0, 0.1) is 12.8 Å². The Bertz CT molecular complexity index is 769. The van der Waals surface area contributed by atoms with Crippen molar-refractivity contribution >= 4 is 17.8 Å². The van der Waals surface area contributed by atoms with E-state index in [9.17, 15) is 9.59 Å². The highest BCUT2D eigenvalue weighted by Gasteiger charge is 2.23. The highest BCUT2D eigenvalue weighted by molar-refractivity contribution is 5.93. The number of anilines is 1. The highest BCUT2D eigenvalue weighted by Crippen LogP contribution is 2.24. The van der Waals surface area contributed by atoms with E-state index in [2.05, 4.69) is 15.8 Å². The van der Waals surface area contributed by atoms with E-state index in [0.717, 1.165) is 18.4 Å². The van der Waals surface area contributed by atoms with Crippen molar-refractivity contribution in [1.82, 2.24) is 15.4 Å². The third kappa shape index (κ3) is 6.11. The monoisotopic (exact) mass is 384 g/mol. The summed E-state index contributed by atoms with van der Waals surface area (Å²) >= 11 is 0. The number of aromatic nitrogens is 1. The second-order valence-corrected chi connectivity index (χ2v) is 7.40. The average molecular weight is 384 g/mol. The molecule has 0 bridgehead atoms. The summed E-state index contributed by atoms with van der Waals surface area (Å²) in [6.45, 7) is 2.77. The third-order valence-electron chi connectivity index (χ3n) is 5.01. The first-order valence-corrected chi connectivity index (χ1v) is 9.90. The average Bonchev–Trinajstić information content (AvgIpc) is 3.11. The quantitative estimate of drug-likeness (QED) is 0.762. The molecule has 7 nitrogen and oxygen atoms in total. The van der Waals surface area contributed by atoms with Crippen LogP contribution in [0.3, 0.4) is 0 Å². The number of carbonyl (C=O) groups excluding carboxylic acids is 2. The number of hydrogen-bond donors (Lipinski definition) is 2. The molecule has 150 valence electrons. The maximum Gasteiger partial charge on any atom is 0.318 e. The van der Waals surface area contributed by atoms with Crippen LogP contribution >= 0.6 is 0 Å². The molecule has 1 aliphatic rings. The number of benzene rings is 1. The molecular formula is C21H28N4O3. The summed E-state index contributed by atoms with van der Waals surface area (Å²) < 4.78 is 4.97. The third-order valence-corrected chi connectivity index (χ3v) is 5.01. The summed E-state index contributed by atoms with van der Waals surface area (Å²) in [4.78, 5) is 26.8. The topological polar surface area (TPSA) is 87.5 Å². The van der Waals surface area contributed by atoms with Gasteiger partial charge in [-0.1, -0.05) is 54.8 Å². The van der Waals surface area contributed by atoms with Crippen molar-refractivity contribution in [1.29, 1.82) is 0 Å². The molecule has 3 rings (SSSR count). The number of carbonyl (C=O) groups is 2. The fraction of sp³-hybridized carbons (Fsp3) is 0.476. The number of nitrogens with one attached hydrogen (secondary N) is 2. The number of hydrogen-bond acceptors (Lipinski definition) is 4. The molecule has 0 unspecified atom stereocenters. The zero-order valence-electron chi connectivity index (χ0n) is 16.3. The van der Waals surface area contributed by atoms with Crippen LogP contribution in [0.15, 0.2) is 40.9 Å². The van der Waals surface area contributed by atoms with Crippen LogP contribution in [0.5, 0.6) is 0 Å². The molecule has 2 N–H and O–H groups in total. The molecule has 1 aromatic carbocycles. The largest absolute Gasteiger partial charge is 0.360 e. The van der Waals surface area contributed by atoms with Gasteiger partial charge in [0.1, 0.15) is 12.3 Å². The number of amides is 3. The predicted molar refractivity (Wildman–Crippen MR) is 107 cm³/mol. The smallest absolute Gasteiger partial charge is 0.318 e. The van der Waals surface area contributed by atoms with Gasteiger partial charge in [0.25, 0.3) is 0 Å². The molecule has 1 aliphatic carbocycles. The van der Waals surface area contributed by atoms with Crippen molar-refractivity contribution < 1.29 is 14.1 Å². The number of urea groups is 1. The van der Waals surface area contributed by atoms with Gasteiger partial charge in [-0.25, -0.2) is 4.79 Å². The molecule has 1 heterocycles. The molecular weight excluding hydrogens is 356 g/mol. The van der Waals surface area contributed by atoms with E-state index in [-0.39, 0.29) is 18.5 Å². The lowest BCUT2D eigenvalue weighted by molar-refractivity contribution is -0.117. The number of aryl methyl sites for hydroxylation is 1. The first kappa shape index (κ1) is 19.9. The van der Waals surface area contributed by atoms with Crippen LogP contribution < -0.4 is 10.6 Å². The van der Waals surface area contributed by atoms with Crippen molar-refractivity contribution in [3.05, 3.63) is 47.7 Å². The van der Waals surface area contributed by atoms with Crippen molar-refractivity contribution in [2.45, 2.75) is 45.6 Å². The first-order chi connectivity index (χ1) is 13.6. The zero-order chi connectivity index (χ0) is 19.8. The van der Waals surface area contributed by atoms with Gasteiger partial charge in [-0.2, -0.15) is 0 Å². The Morgan fingerprint density at radius 2 is 1.93 bits per heavy atom. The van der Waals surface area contributed by atoms with E-state index in [1.165, 1.54) is 19.3 Å². The molecule has 0 aliphatic heterocycles. The predicted octanol–water partition coefficient (Wildman–Crippen LogP) is 3.71. The lowest BCUT2D eigenvalue weighted by atomic mass is 9.89. The van der Waals surface area contributed by atoms with Crippen LogP contribution in [0.2, 0.25) is 0 Å². The summed E-state index contributed by atoms with van der Waals surface area (Å²) in [5.74, 6) is 1.15. The fourth-order valence-electron chi connectivity index (χ4n) is 3.57. The van der Waals surface area contributed by atoms with Gasteiger partial charge in [0.05, 0.1) is 0 Å². The molecule has 28 heavy (non-hydrogen) atoms. The van der Waals surface area contributed by atoms with Crippen LogP contribution in [0.25, 0.3) is 0 Å². The van der Waals surface area contributed by atoms with Crippen LogP contribution in [0.4, 0.5) is 10.6 Å². The van der Waals surface area contributed by atoms with E-state index in [1.807, 2.05) is 30.3 Å². The second-order valence-electron chi connectivity index (χ2n) is 7.40. The van der Waals surface area contributed by atoms with Crippen LogP contribution in [-0.4, -0.2) is 35.1 Å². The maximum absolute atomic E-state index is 12.8. The Labute approximate surface area is 165 Å². The molecule has 7 heteroatoms. The minimum atomic E-state index is -0.279. The van der Waals surface area contributed by atoms with E-state index in [4.69, 9.17) is 4.52 Å². The summed E-state index contributed by atoms with van der Waals surface area (Å²) in [6, 6.07) is 11.2. The van der Waals surface area contributed by atoms with Gasteiger partial charge in [0.2, 0.25) is 5.91 Å². The summed E-state index contributed by atoms with van der Waals surface area (Å²) in [5.41, 5.74) is 1.02. The SMILES string of the molecule is Cc1cc(NC(=O)CN(CC2CCCCC2)C(=O)NCc2ccccc2)no1. The number of rotatable bonds is 7. The van der Waals surface area contributed by atoms with Gasteiger partial charge in [0, 0.05) is 19.2 Å². The van der Waals surface area contributed by atoms with Gasteiger partial charge in [-0.15, -0.1) is 0 Å². The molecule has 2 aromatic rings. The Hall–Kier alpha value is -2.83. The molecule has 1 aromatic heterocycles. The Morgan fingerprint density at radius 3 is 2.61 bits per heavy atom. The zero-order valence-corrected chi connectivity index (χ0v) is 16.3. The maximum atomic E-state index is 12.8. The highest BCUT2D eigenvalue weighted by atomic mass is 16.5. The lowest BCUT2D eigenvalue weighted by Gasteiger charge is -2.29. The summed E-state index contributed by atoms with van der Waals surface area (Å²) in [6.07, 6.45) is 5.84. The summed E-state index contributed by atoms with van der Waals surface area (Å²) in [7, 11) is 0. The Balaban J connectivity index is 1.59. The van der Waals surface area contributed by atoms with Gasteiger partial charge in [-0.05, 0) is 31.2 Å². The van der Waals surface area contributed by atoms with Gasteiger partial charge in [0.15, 0.2) is 5.82 Å². The van der Waals surface area contributed by atoms with Crippen molar-refractivity contribution in [2.24, 2.45) is 5.92 Å². The molecule has 1 fully saturated rings. The van der Waals surface area contributed by atoms with Crippen molar-refractivity contribution in [3.63, 3.8) is 0 Å².